The fraction of sp³-hybridized carbons (Fsp3) is 0.545. The Hall–Kier alpha value is -0.870. The van der Waals surface area contributed by atoms with Crippen LogP contribution in [0.2, 0.25) is 0 Å². The molecule has 0 bridgehead atoms. The number of carbonyl (C=O) groups excluding carboxylic acids is 1. The first-order valence-electron chi connectivity index (χ1n) is 5.19. The molecule has 0 aromatic carbocycles. The van der Waals surface area contributed by atoms with E-state index in [9.17, 15) is 9.90 Å². The second-order valence-electron chi connectivity index (χ2n) is 4.06. The van der Waals surface area contributed by atoms with E-state index in [2.05, 4.69) is 11.8 Å². The normalized spacial score (nSPS) is 26.7. The molecule has 0 unspecified atom stereocenters. The quantitative estimate of drug-likeness (QED) is 0.782. The Kier molecular flexibility index (Phi) is 3.07. The minimum Gasteiger partial charge on any atom is -0.391 e. The number of carbonyl (C=O) groups is 1. The predicted octanol–water partition coefficient (Wildman–Crippen LogP) is 1.91. The number of hydrogen-bond donors (Lipinski definition) is 1. The number of hydrogen-bond acceptors (Lipinski definition) is 4. The Bertz CT molecular complexity index is 350. The Morgan fingerprint density at radius 3 is 3.07 bits per heavy atom. The van der Waals surface area contributed by atoms with Gasteiger partial charge in [0.25, 0.3) is 0 Å². The summed E-state index contributed by atoms with van der Waals surface area (Å²) in [7, 11) is 0. The van der Waals surface area contributed by atoms with Crippen LogP contribution in [0.4, 0.5) is 5.69 Å². The Morgan fingerprint density at radius 1 is 1.60 bits per heavy atom. The van der Waals surface area contributed by atoms with Crippen molar-refractivity contribution in [3.05, 3.63) is 16.3 Å². The molecule has 82 valence electrons. The van der Waals surface area contributed by atoms with Gasteiger partial charge in [-0.3, -0.25) is 4.79 Å². The van der Waals surface area contributed by atoms with Gasteiger partial charge < -0.3 is 10.0 Å². The first-order valence-corrected chi connectivity index (χ1v) is 6.07. The molecule has 0 saturated carbocycles. The maximum Gasteiger partial charge on any atom is 0.160 e. The molecular formula is C11H15NO2S. The lowest BCUT2D eigenvalue weighted by Crippen LogP contribution is -2.43. The van der Waals surface area contributed by atoms with Gasteiger partial charge in [-0.25, -0.2) is 0 Å². The lowest BCUT2D eigenvalue weighted by molar-refractivity contribution is 0.112. The number of aliphatic hydroxyl groups is 1. The number of β-amino-alcohol motifs (C(OH)–C–C–N with tert-alkyl or cyclic N) is 1. The number of aliphatic hydroxyl groups excluding tert-OH is 1. The van der Waals surface area contributed by atoms with E-state index in [4.69, 9.17) is 0 Å². The van der Waals surface area contributed by atoms with Gasteiger partial charge in [-0.1, -0.05) is 0 Å². The van der Waals surface area contributed by atoms with E-state index in [1.807, 2.05) is 11.4 Å². The van der Waals surface area contributed by atoms with Gasteiger partial charge in [-0.15, -0.1) is 11.3 Å². The Balaban J connectivity index is 2.17. The molecule has 1 N–H and O–H groups in total. The lowest BCUT2D eigenvalue weighted by atomic mass is 10.0. The van der Waals surface area contributed by atoms with Crippen LogP contribution >= 0.6 is 11.3 Å². The maximum absolute atomic E-state index is 10.6. The van der Waals surface area contributed by atoms with Crippen molar-refractivity contribution in [3.63, 3.8) is 0 Å². The van der Waals surface area contributed by atoms with Gasteiger partial charge in [0.1, 0.15) is 0 Å². The molecule has 1 aliphatic rings. The molecule has 1 saturated heterocycles. The highest BCUT2D eigenvalue weighted by Gasteiger charge is 2.24. The topological polar surface area (TPSA) is 40.5 Å². The summed E-state index contributed by atoms with van der Waals surface area (Å²) in [5.74, 6) is 0. The van der Waals surface area contributed by atoms with Crippen LogP contribution in [0.1, 0.15) is 29.4 Å². The highest BCUT2D eigenvalue weighted by atomic mass is 32.1. The molecule has 2 atom stereocenters. The van der Waals surface area contributed by atoms with Crippen LogP contribution in [0.5, 0.6) is 0 Å². The Morgan fingerprint density at radius 2 is 2.40 bits per heavy atom. The number of thiophene rings is 1. The summed E-state index contributed by atoms with van der Waals surface area (Å²) < 4.78 is 0. The van der Waals surface area contributed by atoms with Crippen molar-refractivity contribution >= 4 is 23.3 Å². The molecule has 15 heavy (non-hydrogen) atoms. The van der Waals surface area contributed by atoms with Gasteiger partial charge in [0.05, 0.1) is 11.0 Å². The van der Waals surface area contributed by atoms with E-state index >= 15 is 0 Å². The second-order valence-corrected chi connectivity index (χ2v) is 5.00. The summed E-state index contributed by atoms with van der Waals surface area (Å²) in [6.07, 6.45) is 2.52. The fourth-order valence-corrected chi connectivity index (χ4v) is 2.71. The molecule has 3 nitrogen and oxygen atoms in total. The first-order chi connectivity index (χ1) is 7.20. The summed E-state index contributed by atoms with van der Waals surface area (Å²) in [6.45, 7) is 2.83. The average molecular weight is 225 g/mol. The average Bonchev–Trinajstić information content (AvgIpc) is 2.70. The minimum atomic E-state index is -0.235. The third-order valence-electron chi connectivity index (χ3n) is 2.91. The molecule has 0 aliphatic carbocycles. The molecule has 1 aromatic rings. The first kappa shape index (κ1) is 10.6. The molecule has 2 heterocycles. The molecule has 2 rings (SSSR count). The van der Waals surface area contributed by atoms with E-state index in [0.717, 1.165) is 29.7 Å². The summed E-state index contributed by atoms with van der Waals surface area (Å²) in [4.78, 5) is 13.5. The zero-order valence-electron chi connectivity index (χ0n) is 8.72. The smallest absolute Gasteiger partial charge is 0.160 e. The van der Waals surface area contributed by atoms with Crippen LogP contribution in [0.25, 0.3) is 0 Å². The monoisotopic (exact) mass is 225 g/mol. The van der Waals surface area contributed by atoms with Crippen molar-refractivity contribution in [1.82, 2.24) is 0 Å². The molecule has 0 radical (unpaired) electrons. The van der Waals surface area contributed by atoms with E-state index in [0.29, 0.717) is 12.6 Å². The SMILES string of the molecule is C[C@H]1CC[C@H](O)CN1c1csc(C=O)c1. The van der Waals surface area contributed by atoms with Gasteiger partial charge >= 0.3 is 0 Å². The zero-order valence-corrected chi connectivity index (χ0v) is 9.54. The minimum absolute atomic E-state index is 0.235. The van der Waals surface area contributed by atoms with Crippen LogP contribution in [0, 0.1) is 0 Å². The fourth-order valence-electron chi connectivity index (χ4n) is 2.00. The molecule has 0 spiro atoms. The molecule has 1 aliphatic heterocycles. The maximum atomic E-state index is 10.6. The van der Waals surface area contributed by atoms with Gasteiger partial charge in [-0.05, 0) is 25.8 Å². The van der Waals surface area contributed by atoms with E-state index in [1.165, 1.54) is 11.3 Å². The molecular weight excluding hydrogens is 210 g/mol. The summed E-state index contributed by atoms with van der Waals surface area (Å²) in [5.41, 5.74) is 1.06. The van der Waals surface area contributed by atoms with Crippen molar-refractivity contribution < 1.29 is 9.90 Å². The summed E-state index contributed by atoms with van der Waals surface area (Å²) >= 11 is 1.46. The van der Waals surface area contributed by atoms with Crippen LogP contribution in [0.15, 0.2) is 11.4 Å². The van der Waals surface area contributed by atoms with Crippen molar-refractivity contribution in [2.24, 2.45) is 0 Å². The van der Waals surface area contributed by atoms with Crippen LogP contribution in [0.3, 0.4) is 0 Å². The number of anilines is 1. The van der Waals surface area contributed by atoms with Gasteiger partial charge in [0.2, 0.25) is 0 Å². The zero-order chi connectivity index (χ0) is 10.8. The summed E-state index contributed by atoms with van der Waals surface area (Å²) in [5, 5.41) is 11.6. The molecule has 1 aromatic heterocycles. The third kappa shape index (κ3) is 2.21. The summed E-state index contributed by atoms with van der Waals surface area (Å²) in [6, 6.07) is 2.34. The van der Waals surface area contributed by atoms with Gasteiger partial charge in [-0.2, -0.15) is 0 Å². The van der Waals surface area contributed by atoms with E-state index in [1.54, 1.807) is 0 Å². The predicted molar refractivity (Wildman–Crippen MR) is 61.8 cm³/mol. The van der Waals surface area contributed by atoms with Gasteiger partial charge in [0, 0.05) is 23.7 Å². The second kappa shape index (κ2) is 4.33. The van der Waals surface area contributed by atoms with E-state index < -0.39 is 0 Å². The highest BCUT2D eigenvalue weighted by Crippen LogP contribution is 2.28. The number of nitrogens with zero attached hydrogens (tertiary/aromatic N) is 1. The van der Waals surface area contributed by atoms with Crippen molar-refractivity contribution in [2.75, 3.05) is 11.4 Å². The highest BCUT2D eigenvalue weighted by molar-refractivity contribution is 7.12. The van der Waals surface area contributed by atoms with Crippen LogP contribution < -0.4 is 4.90 Å². The number of rotatable bonds is 2. The van der Waals surface area contributed by atoms with Crippen molar-refractivity contribution in [1.29, 1.82) is 0 Å². The van der Waals surface area contributed by atoms with Gasteiger partial charge in [0.15, 0.2) is 6.29 Å². The van der Waals surface area contributed by atoms with Crippen molar-refractivity contribution in [2.45, 2.75) is 31.9 Å². The standard InChI is InChI=1S/C11H15NO2S/c1-8-2-3-10(14)5-12(8)9-4-11(6-13)15-7-9/h4,6-8,10,14H,2-3,5H2,1H3/t8-,10-/m0/s1. The molecule has 4 heteroatoms. The van der Waals surface area contributed by atoms with Crippen LogP contribution in [-0.2, 0) is 0 Å². The molecule has 0 amide bonds. The number of aldehydes is 1. The largest absolute Gasteiger partial charge is 0.391 e. The van der Waals surface area contributed by atoms with Crippen LogP contribution in [-0.4, -0.2) is 30.1 Å². The third-order valence-corrected chi connectivity index (χ3v) is 3.76. The molecule has 1 fully saturated rings. The van der Waals surface area contributed by atoms with Crippen molar-refractivity contribution in [3.8, 4) is 0 Å². The number of piperidine rings is 1. The lowest BCUT2D eigenvalue weighted by Gasteiger charge is -2.37. The van der Waals surface area contributed by atoms with E-state index in [-0.39, 0.29) is 6.10 Å². The Labute approximate surface area is 93.3 Å².